The van der Waals surface area contributed by atoms with Crippen LogP contribution in [0.5, 0.6) is 5.75 Å². The molecule has 4 aromatic rings. The highest BCUT2D eigenvalue weighted by atomic mass is 16.5. The minimum absolute atomic E-state index is 0.415. The van der Waals surface area contributed by atoms with Gasteiger partial charge in [-0.1, -0.05) is 56.3 Å². The normalized spacial score (nSPS) is 11.4. The molecule has 0 aliphatic carbocycles. The number of ether oxygens (including phenoxy) is 1. The average molecular weight is 383 g/mol. The van der Waals surface area contributed by atoms with Gasteiger partial charge in [0.2, 0.25) is 5.89 Å². The fourth-order valence-corrected chi connectivity index (χ4v) is 2.98. The Kier molecular flexibility index (Phi) is 5.25. The summed E-state index contributed by atoms with van der Waals surface area (Å²) in [6.07, 6.45) is 3.16. The molecule has 1 heterocycles. The van der Waals surface area contributed by atoms with Crippen molar-refractivity contribution in [1.82, 2.24) is 4.98 Å². The monoisotopic (exact) mass is 383 g/mol. The maximum Gasteiger partial charge on any atom is 0.336 e. The molecule has 0 atom stereocenters. The van der Waals surface area contributed by atoms with E-state index in [4.69, 9.17) is 9.15 Å². The van der Waals surface area contributed by atoms with Crippen LogP contribution in [0.2, 0.25) is 0 Å². The first-order valence-corrected chi connectivity index (χ1v) is 9.54. The van der Waals surface area contributed by atoms with E-state index in [1.54, 1.807) is 24.3 Å². The Balaban J connectivity index is 1.46. The lowest BCUT2D eigenvalue weighted by atomic mass is 10.0. The first-order chi connectivity index (χ1) is 14.1. The smallest absolute Gasteiger partial charge is 0.336 e. The molecule has 144 valence electrons. The lowest BCUT2D eigenvalue weighted by Crippen LogP contribution is -2.03. The zero-order valence-corrected chi connectivity index (χ0v) is 16.3. The van der Waals surface area contributed by atoms with Crippen LogP contribution in [0.1, 0.15) is 30.9 Å². The number of esters is 1. The van der Waals surface area contributed by atoms with Gasteiger partial charge in [-0.2, -0.15) is 0 Å². The van der Waals surface area contributed by atoms with Crippen LogP contribution in [-0.4, -0.2) is 11.0 Å². The standard InChI is InChI=1S/C25H21NO3/c1-17(2)19-11-8-18(9-12-19)10-15-24(27)28-21-13-14-22-23(16-21)29-25(26-22)20-6-4-3-5-7-20/h3-17H,1-2H3/b15-10+. The van der Waals surface area contributed by atoms with E-state index < -0.39 is 5.97 Å². The van der Waals surface area contributed by atoms with E-state index >= 15 is 0 Å². The summed E-state index contributed by atoms with van der Waals surface area (Å²) in [6.45, 7) is 4.30. The van der Waals surface area contributed by atoms with Gasteiger partial charge < -0.3 is 9.15 Å². The number of nitrogens with zero attached hydrogens (tertiary/aromatic N) is 1. The molecule has 29 heavy (non-hydrogen) atoms. The Morgan fingerprint density at radius 3 is 2.48 bits per heavy atom. The number of hydrogen-bond donors (Lipinski definition) is 0. The van der Waals surface area contributed by atoms with Gasteiger partial charge in [0, 0.05) is 17.7 Å². The summed E-state index contributed by atoms with van der Waals surface area (Å²) in [5.41, 5.74) is 4.39. The van der Waals surface area contributed by atoms with Crippen molar-refractivity contribution in [3.8, 4) is 17.2 Å². The molecule has 0 amide bonds. The Morgan fingerprint density at radius 1 is 1.00 bits per heavy atom. The van der Waals surface area contributed by atoms with E-state index in [0.29, 0.717) is 28.7 Å². The zero-order valence-electron chi connectivity index (χ0n) is 16.3. The maximum atomic E-state index is 12.2. The molecule has 0 fully saturated rings. The van der Waals surface area contributed by atoms with Crippen LogP contribution in [-0.2, 0) is 4.79 Å². The lowest BCUT2D eigenvalue weighted by molar-refractivity contribution is -0.128. The second-order valence-electron chi connectivity index (χ2n) is 7.09. The highest BCUT2D eigenvalue weighted by Gasteiger charge is 2.10. The van der Waals surface area contributed by atoms with Crippen LogP contribution >= 0.6 is 0 Å². The molecule has 0 radical (unpaired) electrons. The highest BCUT2D eigenvalue weighted by molar-refractivity contribution is 5.89. The van der Waals surface area contributed by atoms with Crippen molar-refractivity contribution in [1.29, 1.82) is 0 Å². The second-order valence-corrected chi connectivity index (χ2v) is 7.09. The summed E-state index contributed by atoms with van der Waals surface area (Å²) < 4.78 is 11.2. The number of carbonyl (C=O) groups excluding carboxylic acids is 1. The fraction of sp³-hybridized carbons (Fsp3) is 0.120. The van der Waals surface area contributed by atoms with Crippen LogP contribution < -0.4 is 4.74 Å². The largest absolute Gasteiger partial charge is 0.436 e. The van der Waals surface area contributed by atoms with Gasteiger partial charge in [-0.25, -0.2) is 9.78 Å². The number of hydrogen-bond acceptors (Lipinski definition) is 4. The van der Waals surface area contributed by atoms with E-state index in [0.717, 1.165) is 11.1 Å². The van der Waals surface area contributed by atoms with Gasteiger partial charge in [0.15, 0.2) is 5.58 Å². The van der Waals surface area contributed by atoms with Gasteiger partial charge in [-0.3, -0.25) is 0 Å². The van der Waals surface area contributed by atoms with E-state index in [1.165, 1.54) is 11.6 Å². The third-order valence-corrected chi connectivity index (χ3v) is 4.61. The van der Waals surface area contributed by atoms with Crippen molar-refractivity contribution >= 4 is 23.1 Å². The van der Waals surface area contributed by atoms with E-state index in [9.17, 15) is 4.79 Å². The van der Waals surface area contributed by atoms with Crippen LogP contribution in [0.25, 0.3) is 28.6 Å². The average Bonchev–Trinajstić information content (AvgIpc) is 3.17. The van der Waals surface area contributed by atoms with Crippen molar-refractivity contribution in [2.24, 2.45) is 0 Å². The van der Waals surface area contributed by atoms with E-state index in [2.05, 4.69) is 31.0 Å². The summed E-state index contributed by atoms with van der Waals surface area (Å²) in [4.78, 5) is 16.6. The lowest BCUT2D eigenvalue weighted by Gasteiger charge is -2.04. The molecular formula is C25H21NO3. The number of oxazole rings is 1. The summed E-state index contributed by atoms with van der Waals surface area (Å²) >= 11 is 0. The molecule has 4 nitrogen and oxygen atoms in total. The predicted molar refractivity (Wildman–Crippen MR) is 115 cm³/mol. The molecule has 0 N–H and O–H groups in total. The highest BCUT2D eigenvalue weighted by Crippen LogP contribution is 2.27. The Hall–Kier alpha value is -3.66. The first kappa shape index (κ1) is 18.7. The molecule has 3 aromatic carbocycles. The van der Waals surface area contributed by atoms with Gasteiger partial charge >= 0.3 is 5.97 Å². The molecule has 0 spiro atoms. The number of carbonyl (C=O) groups is 1. The third kappa shape index (κ3) is 4.43. The van der Waals surface area contributed by atoms with Gasteiger partial charge in [0.25, 0.3) is 0 Å². The Labute approximate surface area is 169 Å². The molecular weight excluding hydrogens is 362 g/mol. The number of aromatic nitrogens is 1. The van der Waals surface area contributed by atoms with Crippen molar-refractivity contribution < 1.29 is 13.9 Å². The molecule has 0 saturated heterocycles. The van der Waals surface area contributed by atoms with E-state index in [-0.39, 0.29) is 0 Å². The quantitative estimate of drug-likeness (QED) is 0.233. The first-order valence-electron chi connectivity index (χ1n) is 9.54. The fourth-order valence-electron chi connectivity index (χ4n) is 2.98. The number of rotatable bonds is 5. The van der Waals surface area contributed by atoms with Gasteiger partial charge in [-0.05, 0) is 47.4 Å². The van der Waals surface area contributed by atoms with Crippen molar-refractivity contribution in [2.45, 2.75) is 19.8 Å². The molecule has 0 saturated carbocycles. The molecule has 0 aliphatic rings. The molecule has 4 heteroatoms. The predicted octanol–water partition coefficient (Wildman–Crippen LogP) is 6.24. The second kappa shape index (κ2) is 8.15. The van der Waals surface area contributed by atoms with Crippen LogP contribution in [0, 0.1) is 0 Å². The van der Waals surface area contributed by atoms with E-state index in [1.807, 2.05) is 42.5 Å². The van der Waals surface area contributed by atoms with Crippen molar-refractivity contribution in [3.05, 3.63) is 90.0 Å². The number of fused-ring (bicyclic) bond motifs is 1. The van der Waals surface area contributed by atoms with Crippen LogP contribution in [0.15, 0.2) is 83.3 Å². The molecule has 0 bridgehead atoms. The third-order valence-electron chi connectivity index (χ3n) is 4.61. The van der Waals surface area contributed by atoms with Crippen LogP contribution in [0.4, 0.5) is 0 Å². The van der Waals surface area contributed by atoms with Gasteiger partial charge in [0.1, 0.15) is 11.3 Å². The molecule has 0 unspecified atom stereocenters. The van der Waals surface area contributed by atoms with Crippen LogP contribution in [0.3, 0.4) is 0 Å². The van der Waals surface area contributed by atoms with Gasteiger partial charge in [0.05, 0.1) is 0 Å². The number of benzene rings is 3. The van der Waals surface area contributed by atoms with Crippen molar-refractivity contribution in [3.63, 3.8) is 0 Å². The minimum atomic E-state index is -0.444. The topological polar surface area (TPSA) is 52.3 Å². The summed E-state index contributed by atoms with van der Waals surface area (Å²) in [5, 5.41) is 0. The summed E-state index contributed by atoms with van der Waals surface area (Å²) in [7, 11) is 0. The Morgan fingerprint density at radius 2 is 1.76 bits per heavy atom. The van der Waals surface area contributed by atoms with Crippen molar-refractivity contribution in [2.75, 3.05) is 0 Å². The summed E-state index contributed by atoms with van der Waals surface area (Å²) in [6, 6.07) is 23.0. The SMILES string of the molecule is CC(C)c1ccc(/C=C/C(=O)Oc2ccc3nc(-c4ccccc4)oc3c2)cc1. The zero-order chi connectivity index (χ0) is 20.2. The molecule has 4 rings (SSSR count). The minimum Gasteiger partial charge on any atom is -0.436 e. The molecule has 1 aromatic heterocycles. The summed E-state index contributed by atoms with van der Waals surface area (Å²) in [5.74, 6) is 0.985. The maximum absolute atomic E-state index is 12.2. The Bertz CT molecular complexity index is 1160. The molecule has 0 aliphatic heterocycles. The van der Waals surface area contributed by atoms with Gasteiger partial charge in [-0.15, -0.1) is 0 Å².